The van der Waals surface area contributed by atoms with E-state index in [-0.39, 0.29) is 0 Å². The van der Waals surface area contributed by atoms with Crippen LogP contribution in [0.3, 0.4) is 0 Å². The fourth-order valence-electron chi connectivity index (χ4n) is 2.05. The van der Waals surface area contributed by atoms with E-state index in [2.05, 4.69) is 25.1 Å². The van der Waals surface area contributed by atoms with Gasteiger partial charge in [0.15, 0.2) is 0 Å². The summed E-state index contributed by atoms with van der Waals surface area (Å²) in [5.41, 5.74) is 1.20. The first-order valence-corrected chi connectivity index (χ1v) is 8.48. The van der Waals surface area contributed by atoms with Gasteiger partial charge >= 0.3 is 0 Å². The van der Waals surface area contributed by atoms with E-state index in [1.807, 2.05) is 18.2 Å². The second-order valence-electron chi connectivity index (χ2n) is 4.75. The Morgan fingerprint density at radius 2 is 1.79 bits per heavy atom. The summed E-state index contributed by atoms with van der Waals surface area (Å²) in [4.78, 5) is 0. The largest absolute Gasteiger partial charge is 0.193 e. The van der Waals surface area contributed by atoms with Gasteiger partial charge < -0.3 is 0 Å². The van der Waals surface area contributed by atoms with Crippen LogP contribution >= 0.6 is 8.58 Å². The highest BCUT2D eigenvalue weighted by molar-refractivity contribution is 7.50. The fourth-order valence-corrected chi connectivity index (χ4v) is 3.28. The van der Waals surface area contributed by atoms with Crippen molar-refractivity contribution in [1.29, 1.82) is 5.26 Å². The normalized spacial score (nSPS) is 11.9. The summed E-state index contributed by atoms with van der Waals surface area (Å²) in [6, 6.07) is 12.5. The van der Waals surface area contributed by atoms with Crippen molar-refractivity contribution in [1.82, 2.24) is 0 Å². The number of nitrogens with zero attached hydrogens (tertiary/aromatic N) is 1. The Labute approximate surface area is 119 Å². The molecule has 1 aromatic carbocycles. The molecule has 0 radical (unpaired) electrons. The average molecular weight is 273 g/mol. The number of nitriles is 1. The molecule has 0 spiro atoms. The van der Waals surface area contributed by atoms with Crippen LogP contribution in [0.5, 0.6) is 0 Å². The second-order valence-corrected chi connectivity index (χ2v) is 6.14. The monoisotopic (exact) mass is 273 g/mol. The van der Waals surface area contributed by atoms with Crippen LogP contribution < -0.4 is 0 Å². The molecule has 1 aromatic rings. The third-order valence-corrected chi connectivity index (χ3v) is 4.56. The van der Waals surface area contributed by atoms with Crippen molar-refractivity contribution in [3.05, 3.63) is 42.0 Å². The van der Waals surface area contributed by atoms with Crippen molar-refractivity contribution in [2.24, 2.45) is 0 Å². The molecule has 1 atom stereocenters. The molecule has 1 nitrogen and oxygen atoms in total. The molecule has 0 fully saturated rings. The number of benzene rings is 1. The smallest absolute Gasteiger partial charge is 0.0918 e. The molecule has 0 N–H and O–H groups in total. The molecular weight excluding hydrogens is 249 g/mol. The minimum atomic E-state index is 0.758. The number of hydrogen-bond donors (Lipinski definition) is 0. The Morgan fingerprint density at radius 3 is 2.47 bits per heavy atom. The highest BCUT2D eigenvalue weighted by Gasteiger charge is 2.00. The van der Waals surface area contributed by atoms with Gasteiger partial charge in [0.25, 0.3) is 0 Å². The average Bonchev–Trinajstić information content (AvgIpc) is 2.46. The first kappa shape index (κ1) is 15.9. The molecule has 0 aliphatic rings. The second kappa shape index (κ2) is 10.8. The lowest BCUT2D eigenvalue weighted by Gasteiger charge is -2.06. The maximum absolute atomic E-state index is 8.88. The maximum atomic E-state index is 8.88. The van der Waals surface area contributed by atoms with Gasteiger partial charge in [-0.2, -0.15) is 5.26 Å². The van der Waals surface area contributed by atoms with E-state index in [0.717, 1.165) is 8.58 Å². The van der Waals surface area contributed by atoms with Gasteiger partial charge in [0.1, 0.15) is 0 Å². The van der Waals surface area contributed by atoms with Crippen LogP contribution in [0.1, 0.15) is 51.0 Å². The van der Waals surface area contributed by atoms with Gasteiger partial charge in [-0.05, 0) is 23.5 Å². The molecular formula is C17H24NP. The standard InChI is InChI=1S/C17H24NP/c1-2-3-4-5-6-10-15-19-17(13-14-18)16-11-8-7-9-12-16/h7-9,11-13,19H,2-6,10,15H2,1H3/b17-13-. The Bertz CT molecular complexity index is 403. The zero-order chi connectivity index (χ0) is 13.8. The summed E-state index contributed by atoms with van der Waals surface area (Å²) in [5.74, 6) is 0. The highest BCUT2D eigenvalue weighted by Crippen LogP contribution is 2.33. The van der Waals surface area contributed by atoms with Gasteiger partial charge in [-0.15, -0.1) is 0 Å². The molecule has 19 heavy (non-hydrogen) atoms. The molecule has 0 aliphatic heterocycles. The van der Waals surface area contributed by atoms with Gasteiger partial charge in [0.05, 0.1) is 6.07 Å². The van der Waals surface area contributed by atoms with E-state index in [1.165, 1.54) is 55.6 Å². The summed E-state index contributed by atoms with van der Waals surface area (Å²) >= 11 is 0. The van der Waals surface area contributed by atoms with E-state index in [9.17, 15) is 0 Å². The van der Waals surface area contributed by atoms with Crippen molar-refractivity contribution in [3.8, 4) is 6.07 Å². The van der Waals surface area contributed by atoms with E-state index >= 15 is 0 Å². The molecule has 0 aliphatic carbocycles. The molecule has 1 unspecified atom stereocenters. The van der Waals surface area contributed by atoms with E-state index in [1.54, 1.807) is 6.08 Å². The highest BCUT2D eigenvalue weighted by atomic mass is 31.1. The Balaban J connectivity index is 2.29. The first-order valence-electron chi connectivity index (χ1n) is 7.27. The quantitative estimate of drug-likeness (QED) is 0.327. The topological polar surface area (TPSA) is 23.8 Å². The number of unbranched alkanes of at least 4 members (excludes halogenated alkanes) is 5. The Hall–Kier alpha value is -1.12. The minimum absolute atomic E-state index is 0.758. The third-order valence-electron chi connectivity index (χ3n) is 3.14. The van der Waals surface area contributed by atoms with Gasteiger partial charge in [-0.25, -0.2) is 0 Å². The first-order chi connectivity index (χ1) is 9.38. The van der Waals surface area contributed by atoms with Crippen LogP contribution in [0.15, 0.2) is 36.4 Å². The Morgan fingerprint density at radius 1 is 1.11 bits per heavy atom. The molecule has 0 aromatic heterocycles. The van der Waals surface area contributed by atoms with Gasteiger partial charge in [-0.1, -0.05) is 77.9 Å². The molecule has 0 amide bonds. The molecule has 102 valence electrons. The van der Waals surface area contributed by atoms with E-state index in [0.29, 0.717) is 0 Å². The molecule has 1 rings (SSSR count). The van der Waals surface area contributed by atoms with Crippen molar-refractivity contribution >= 4 is 13.9 Å². The number of allylic oxidation sites excluding steroid dienone is 1. The third kappa shape index (κ3) is 7.14. The summed E-state index contributed by atoms with van der Waals surface area (Å²) in [6.07, 6.45) is 11.0. The molecule has 2 heteroatoms. The number of rotatable bonds is 9. The summed E-state index contributed by atoms with van der Waals surface area (Å²) < 4.78 is 0. The lowest BCUT2D eigenvalue weighted by Crippen LogP contribution is -1.83. The van der Waals surface area contributed by atoms with Crippen LogP contribution in [0.4, 0.5) is 0 Å². The van der Waals surface area contributed by atoms with Crippen LogP contribution in [-0.4, -0.2) is 6.16 Å². The van der Waals surface area contributed by atoms with Crippen LogP contribution in [0, 0.1) is 11.3 Å². The van der Waals surface area contributed by atoms with E-state index < -0.39 is 0 Å². The predicted octanol–water partition coefficient (Wildman–Crippen LogP) is 5.59. The van der Waals surface area contributed by atoms with Crippen LogP contribution in [-0.2, 0) is 0 Å². The fraction of sp³-hybridized carbons (Fsp3) is 0.471. The Kier molecular flexibility index (Phi) is 9.03. The zero-order valence-electron chi connectivity index (χ0n) is 11.9. The minimum Gasteiger partial charge on any atom is -0.193 e. The number of hydrogen-bond acceptors (Lipinski definition) is 1. The van der Waals surface area contributed by atoms with Gasteiger partial charge in [0.2, 0.25) is 0 Å². The summed E-state index contributed by atoms with van der Waals surface area (Å²) in [6.45, 7) is 2.25. The van der Waals surface area contributed by atoms with Crippen molar-refractivity contribution in [3.63, 3.8) is 0 Å². The zero-order valence-corrected chi connectivity index (χ0v) is 12.9. The lowest BCUT2D eigenvalue weighted by atomic mass is 10.1. The SMILES string of the molecule is CCCCCCCCP/C(=C\C#N)c1ccccc1. The molecule has 0 saturated carbocycles. The van der Waals surface area contributed by atoms with Crippen LogP contribution in [0.25, 0.3) is 5.31 Å². The van der Waals surface area contributed by atoms with Gasteiger partial charge in [-0.3, -0.25) is 0 Å². The molecule has 0 bridgehead atoms. The predicted molar refractivity (Wildman–Crippen MR) is 86.6 cm³/mol. The summed E-state index contributed by atoms with van der Waals surface area (Å²) in [5, 5.41) is 10.1. The van der Waals surface area contributed by atoms with Gasteiger partial charge in [0, 0.05) is 6.08 Å². The van der Waals surface area contributed by atoms with Crippen molar-refractivity contribution in [2.45, 2.75) is 45.4 Å². The molecule has 0 saturated heterocycles. The lowest BCUT2D eigenvalue weighted by molar-refractivity contribution is 0.627. The van der Waals surface area contributed by atoms with Crippen molar-refractivity contribution in [2.75, 3.05) is 6.16 Å². The van der Waals surface area contributed by atoms with Crippen LogP contribution in [0.2, 0.25) is 0 Å². The molecule has 0 heterocycles. The van der Waals surface area contributed by atoms with E-state index in [4.69, 9.17) is 5.26 Å². The maximum Gasteiger partial charge on any atom is 0.0918 e. The van der Waals surface area contributed by atoms with Crippen molar-refractivity contribution < 1.29 is 0 Å². The summed E-state index contributed by atoms with van der Waals surface area (Å²) in [7, 11) is 0.758.